The minimum atomic E-state index is -0.188. The first-order valence-corrected chi connectivity index (χ1v) is 8.02. The number of nitrogens with zero attached hydrogens (tertiary/aromatic N) is 3. The van der Waals surface area contributed by atoms with Gasteiger partial charge in [-0.15, -0.1) is 0 Å². The zero-order valence-corrected chi connectivity index (χ0v) is 13.3. The highest BCUT2D eigenvalue weighted by atomic mass is 19.1. The summed E-state index contributed by atoms with van der Waals surface area (Å²) >= 11 is 0. The number of imidazole rings is 1. The van der Waals surface area contributed by atoms with Gasteiger partial charge in [0, 0.05) is 11.9 Å². The van der Waals surface area contributed by atoms with E-state index in [1.54, 1.807) is 18.5 Å². The van der Waals surface area contributed by atoms with Crippen LogP contribution in [0.1, 0.15) is 29.7 Å². The lowest BCUT2D eigenvalue weighted by atomic mass is 10.1. The van der Waals surface area contributed by atoms with Gasteiger partial charge in [-0.05, 0) is 67.6 Å². The number of nitriles is 1. The maximum absolute atomic E-state index is 12.9. The Kier molecular flexibility index (Phi) is 5.02. The van der Waals surface area contributed by atoms with E-state index in [0.717, 1.165) is 37.1 Å². The van der Waals surface area contributed by atoms with E-state index >= 15 is 0 Å². The van der Waals surface area contributed by atoms with Crippen molar-refractivity contribution < 1.29 is 4.39 Å². The lowest BCUT2D eigenvalue weighted by Crippen LogP contribution is -1.91. The summed E-state index contributed by atoms with van der Waals surface area (Å²) in [5, 5.41) is 8.83. The first kappa shape index (κ1) is 15.9. The van der Waals surface area contributed by atoms with E-state index in [9.17, 15) is 4.39 Å². The molecule has 0 bridgehead atoms. The number of aromatic nitrogens is 2. The predicted molar refractivity (Wildman–Crippen MR) is 91.3 cm³/mol. The van der Waals surface area contributed by atoms with Gasteiger partial charge < -0.3 is 4.57 Å². The molecule has 0 amide bonds. The number of halogens is 1. The van der Waals surface area contributed by atoms with Crippen molar-refractivity contribution in [1.29, 1.82) is 5.26 Å². The number of aryl methyl sites for hydroxylation is 2. The molecule has 3 aromatic rings. The highest BCUT2D eigenvalue weighted by Gasteiger charge is 2.02. The van der Waals surface area contributed by atoms with Gasteiger partial charge >= 0.3 is 0 Å². The Morgan fingerprint density at radius 2 is 1.67 bits per heavy atom. The second-order valence-corrected chi connectivity index (χ2v) is 5.76. The van der Waals surface area contributed by atoms with Crippen LogP contribution in [0.2, 0.25) is 0 Å². The van der Waals surface area contributed by atoms with Crippen LogP contribution in [0.4, 0.5) is 4.39 Å². The van der Waals surface area contributed by atoms with E-state index < -0.39 is 0 Å². The fourth-order valence-corrected chi connectivity index (χ4v) is 2.63. The van der Waals surface area contributed by atoms with E-state index in [0.29, 0.717) is 5.56 Å². The van der Waals surface area contributed by atoms with Crippen molar-refractivity contribution in [3.8, 4) is 11.8 Å². The normalized spacial score (nSPS) is 10.5. The van der Waals surface area contributed by atoms with Gasteiger partial charge in [0.2, 0.25) is 0 Å². The van der Waals surface area contributed by atoms with Gasteiger partial charge in [0.15, 0.2) is 0 Å². The lowest BCUT2D eigenvalue weighted by molar-refractivity contribution is 0.626. The van der Waals surface area contributed by atoms with Crippen molar-refractivity contribution in [3.05, 3.63) is 83.7 Å². The monoisotopic (exact) mass is 319 g/mol. The average Bonchev–Trinajstić information content (AvgIpc) is 3.09. The van der Waals surface area contributed by atoms with Gasteiger partial charge in [0.05, 0.1) is 23.7 Å². The molecule has 0 fully saturated rings. The topological polar surface area (TPSA) is 41.6 Å². The van der Waals surface area contributed by atoms with Crippen molar-refractivity contribution in [2.24, 2.45) is 0 Å². The Morgan fingerprint density at radius 1 is 0.958 bits per heavy atom. The molecular formula is C20H18FN3. The van der Waals surface area contributed by atoms with Gasteiger partial charge in [-0.2, -0.15) is 5.26 Å². The Hall–Kier alpha value is -2.93. The number of hydrogen-bond donors (Lipinski definition) is 0. The third-order valence-corrected chi connectivity index (χ3v) is 3.99. The maximum Gasteiger partial charge on any atom is 0.123 e. The number of benzene rings is 2. The summed E-state index contributed by atoms with van der Waals surface area (Å²) in [7, 11) is 0. The van der Waals surface area contributed by atoms with Crippen LogP contribution in [0.15, 0.2) is 61.1 Å². The zero-order valence-electron chi connectivity index (χ0n) is 13.3. The minimum Gasteiger partial charge on any atom is -0.306 e. The average molecular weight is 319 g/mol. The van der Waals surface area contributed by atoms with Crippen LogP contribution in [-0.4, -0.2) is 9.55 Å². The smallest absolute Gasteiger partial charge is 0.123 e. The van der Waals surface area contributed by atoms with Crippen molar-refractivity contribution >= 4 is 0 Å². The largest absolute Gasteiger partial charge is 0.306 e. The molecule has 0 aliphatic rings. The standard InChI is InChI=1S/C20H18FN3/c21-18-9-5-16(6-10-18)3-1-2-4-19-14-24(15-23-19)20-11-7-17(13-22)8-12-20/h5-12,14-15H,1-4H2. The van der Waals surface area contributed by atoms with E-state index in [1.165, 1.54) is 17.7 Å². The molecule has 0 saturated carbocycles. The molecule has 0 N–H and O–H groups in total. The molecule has 120 valence electrons. The predicted octanol–water partition coefficient (Wildman–Crippen LogP) is 4.45. The van der Waals surface area contributed by atoms with Crippen molar-refractivity contribution in [2.45, 2.75) is 25.7 Å². The molecular weight excluding hydrogens is 301 g/mol. The summed E-state index contributed by atoms with van der Waals surface area (Å²) in [6.45, 7) is 0. The first-order valence-electron chi connectivity index (χ1n) is 8.02. The third kappa shape index (κ3) is 4.08. The second kappa shape index (κ2) is 7.56. The molecule has 2 aromatic carbocycles. The fraction of sp³-hybridized carbons (Fsp3) is 0.200. The van der Waals surface area contributed by atoms with Crippen LogP contribution in [0.5, 0.6) is 0 Å². The molecule has 3 nitrogen and oxygen atoms in total. The van der Waals surface area contributed by atoms with Gasteiger partial charge in [-0.25, -0.2) is 9.37 Å². The molecule has 3 rings (SSSR count). The van der Waals surface area contributed by atoms with Crippen LogP contribution in [0, 0.1) is 17.1 Å². The SMILES string of the molecule is N#Cc1ccc(-n2cnc(CCCCc3ccc(F)cc3)c2)cc1. The van der Waals surface area contributed by atoms with E-state index in [1.807, 2.05) is 35.0 Å². The van der Waals surface area contributed by atoms with Crippen LogP contribution in [-0.2, 0) is 12.8 Å². The summed E-state index contributed by atoms with van der Waals surface area (Å²) in [6.07, 6.45) is 7.80. The molecule has 0 radical (unpaired) electrons. The van der Waals surface area contributed by atoms with Gasteiger partial charge in [0.1, 0.15) is 5.82 Å². The molecule has 0 unspecified atom stereocenters. The highest BCUT2D eigenvalue weighted by molar-refractivity contribution is 5.39. The Balaban J connectivity index is 1.50. The van der Waals surface area contributed by atoms with E-state index in [2.05, 4.69) is 11.1 Å². The summed E-state index contributed by atoms with van der Waals surface area (Å²) in [5.74, 6) is -0.188. The highest BCUT2D eigenvalue weighted by Crippen LogP contribution is 2.13. The van der Waals surface area contributed by atoms with Crippen LogP contribution >= 0.6 is 0 Å². The molecule has 0 atom stereocenters. The molecule has 0 spiro atoms. The number of unbranched alkanes of at least 4 members (excludes halogenated alkanes) is 1. The summed E-state index contributed by atoms with van der Waals surface area (Å²) in [5.41, 5.74) is 3.87. The minimum absolute atomic E-state index is 0.188. The molecule has 0 aliphatic carbocycles. The molecule has 4 heteroatoms. The molecule has 0 aliphatic heterocycles. The lowest BCUT2D eigenvalue weighted by Gasteiger charge is -2.02. The Morgan fingerprint density at radius 3 is 2.38 bits per heavy atom. The number of rotatable bonds is 6. The molecule has 24 heavy (non-hydrogen) atoms. The fourth-order valence-electron chi connectivity index (χ4n) is 2.63. The van der Waals surface area contributed by atoms with Crippen molar-refractivity contribution in [1.82, 2.24) is 9.55 Å². The molecule has 1 aromatic heterocycles. The summed E-state index contributed by atoms with van der Waals surface area (Å²) in [4.78, 5) is 4.44. The van der Waals surface area contributed by atoms with Crippen LogP contribution < -0.4 is 0 Å². The first-order chi connectivity index (χ1) is 11.7. The molecule has 1 heterocycles. The second-order valence-electron chi connectivity index (χ2n) is 5.76. The van der Waals surface area contributed by atoms with Crippen molar-refractivity contribution in [2.75, 3.05) is 0 Å². The quantitative estimate of drug-likeness (QED) is 0.630. The van der Waals surface area contributed by atoms with Gasteiger partial charge in [-0.1, -0.05) is 12.1 Å². The third-order valence-electron chi connectivity index (χ3n) is 3.99. The van der Waals surface area contributed by atoms with Gasteiger partial charge in [-0.3, -0.25) is 0 Å². The van der Waals surface area contributed by atoms with E-state index in [-0.39, 0.29) is 5.82 Å². The van der Waals surface area contributed by atoms with Crippen LogP contribution in [0.25, 0.3) is 5.69 Å². The van der Waals surface area contributed by atoms with E-state index in [4.69, 9.17) is 5.26 Å². The number of hydrogen-bond acceptors (Lipinski definition) is 2. The summed E-state index contributed by atoms with van der Waals surface area (Å²) < 4.78 is 14.8. The maximum atomic E-state index is 12.9. The van der Waals surface area contributed by atoms with Gasteiger partial charge in [0.25, 0.3) is 0 Å². The Bertz CT molecular complexity index is 827. The molecule has 0 saturated heterocycles. The Labute approximate surface area is 141 Å². The van der Waals surface area contributed by atoms with Crippen molar-refractivity contribution in [3.63, 3.8) is 0 Å². The zero-order chi connectivity index (χ0) is 16.8. The summed E-state index contributed by atoms with van der Waals surface area (Å²) in [6, 6.07) is 16.3. The van der Waals surface area contributed by atoms with Crippen LogP contribution in [0.3, 0.4) is 0 Å².